The third-order valence-electron chi connectivity index (χ3n) is 4.46. The number of rotatable bonds is 7. The Bertz CT molecular complexity index is 431. The molecule has 1 N–H and O–H groups in total. The molecule has 1 rings (SSSR count). The first-order chi connectivity index (χ1) is 9.40. The molecule has 0 aromatic heterocycles. The van der Waals surface area contributed by atoms with Crippen LogP contribution in [0.25, 0.3) is 0 Å². The molecule has 3 heteroatoms. The quantitative estimate of drug-likeness (QED) is 0.827. The van der Waals surface area contributed by atoms with Gasteiger partial charge in [0.1, 0.15) is 5.75 Å². The van der Waals surface area contributed by atoms with Gasteiger partial charge in [-0.1, -0.05) is 31.5 Å². The Morgan fingerprint density at radius 1 is 1.30 bits per heavy atom. The standard InChI is InChI=1S/C17H30N2O/c1-8-17(4,19(5)6)16(18-9-2)14-12-13(3)10-11-15(14)20-7/h10-12,16,18H,8-9H2,1-7H3. The lowest BCUT2D eigenvalue weighted by Crippen LogP contribution is -2.51. The van der Waals surface area contributed by atoms with Crippen molar-refractivity contribution in [3.63, 3.8) is 0 Å². The molecule has 20 heavy (non-hydrogen) atoms. The van der Waals surface area contributed by atoms with Crippen LogP contribution < -0.4 is 10.1 Å². The molecule has 1 aromatic rings. The number of nitrogens with one attached hydrogen (secondary N) is 1. The van der Waals surface area contributed by atoms with Crippen LogP contribution in [0.15, 0.2) is 18.2 Å². The molecular formula is C17H30N2O. The van der Waals surface area contributed by atoms with E-state index in [1.165, 1.54) is 11.1 Å². The van der Waals surface area contributed by atoms with Gasteiger partial charge in [0.05, 0.1) is 13.2 Å². The molecule has 0 saturated carbocycles. The third-order valence-corrected chi connectivity index (χ3v) is 4.46. The average Bonchev–Trinajstić information content (AvgIpc) is 2.43. The molecule has 0 heterocycles. The second kappa shape index (κ2) is 7.09. The molecule has 0 amide bonds. The SMILES string of the molecule is CCNC(c1cc(C)ccc1OC)C(C)(CC)N(C)C. The van der Waals surface area contributed by atoms with E-state index in [4.69, 9.17) is 4.74 Å². The second-order valence-electron chi connectivity index (χ2n) is 5.84. The van der Waals surface area contributed by atoms with Gasteiger partial charge in [-0.05, 0) is 47.0 Å². The summed E-state index contributed by atoms with van der Waals surface area (Å²) in [5.74, 6) is 0.961. The fourth-order valence-electron chi connectivity index (χ4n) is 2.73. The van der Waals surface area contributed by atoms with Crippen molar-refractivity contribution in [2.75, 3.05) is 27.7 Å². The van der Waals surface area contributed by atoms with Gasteiger partial charge in [-0.3, -0.25) is 0 Å². The first-order valence-electron chi connectivity index (χ1n) is 7.46. The first-order valence-corrected chi connectivity index (χ1v) is 7.46. The third kappa shape index (κ3) is 3.33. The van der Waals surface area contributed by atoms with Gasteiger partial charge in [-0.25, -0.2) is 0 Å². The van der Waals surface area contributed by atoms with E-state index in [9.17, 15) is 0 Å². The molecule has 1 aromatic carbocycles. The van der Waals surface area contributed by atoms with Gasteiger partial charge in [0.15, 0.2) is 0 Å². The molecule has 2 unspecified atom stereocenters. The lowest BCUT2D eigenvalue weighted by molar-refractivity contribution is 0.112. The minimum Gasteiger partial charge on any atom is -0.496 e. The van der Waals surface area contributed by atoms with Crippen molar-refractivity contribution in [1.29, 1.82) is 0 Å². The monoisotopic (exact) mass is 278 g/mol. The number of hydrogen-bond acceptors (Lipinski definition) is 3. The van der Waals surface area contributed by atoms with Gasteiger partial charge in [0.2, 0.25) is 0 Å². The van der Waals surface area contributed by atoms with E-state index in [0.29, 0.717) is 0 Å². The van der Waals surface area contributed by atoms with E-state index in [1.807, 2.05) is 0 Å². The van der Waals surface area contributed by atoms with Crippen LogP contribution in [0, 0.1) is 6.92 Å². The largest absolute Gasteiger partial charge is 0.496 e. The van der Waals surface area contributed by atoms with Gasteiger partial charge in [0.25, 0.3) is 0 Å². The second-order valence-corrected chi connectivity index (χ2v) is 5.84. The van der Waals surface area contributed by atoms with E-state index < -0.39 is 0 Å². The molecule has 3 nitrogen and oxygen atoms in total. The van der Waals surface area contributed by atoms with Crippen molar-refractivity contribution < 1.29 is 4.74 Å². The zero-order chi connectivity index (χ0) is 15.3. The molecule has 0 saturated heterocycles. The fourth-order valence-corrected chi connectivity index (χ4v) is 2.73. The summed E-state index contributed by atoms with van der Waals surface area (Å²) < 4.78 is 5.59. The number of hydrogen-bond donors (Lipinski definition) is 1. The van der Waals surface area contributed by atoms with Crippen LogP contribution in [-0.2, 0) is 0 Å². The van der Waals surface area contributed by atoms with Gasteiger partial charge in [0, 0.05) is 11.1 Å². The highest BCUT2D eigenvalue weighted by atomic mass is 16.5. The summed E-state index contributed by atoms with van der Waals surface area (Å²) >= 11 is 0. The summed E-state index contributed by atoms with van der Waals surface area (Å²) in [6.45, 7) is 9.77. The molecule has 0 aliphatic rings. The van der Waals surface area contributed by atoms with E-state index in [1.54, 1.807) is 7.11 Å². The van der Waals surface area contributed by atoms with Crippen LogP contribution >= 0.6 is 0 Å². The van der Waals surface area contributed by atoms with E-state index in [2.05, 4.69) is 70.2 Å². The van der Waals surface area contributed by atoms with Crippen molar-refractivity contribution in [3.05, 3.63) is 29.3 Å². The zero-order valence-corrected chi connectivity index (χ0v) is 14.1. The Morgan fingerprint density at radius 3 is 2.40 bits per heavy atom. The van der Waals surface area contributed by atoms with Crippen molar-refractivity contribution in [2.45, 2.75) is 45.7 Å². The predicted octanol–water partition coefficient (Wildman–Crippen LogP) is 3.38. The van der Waals surface area contributed by atoms with Crippen LogP contribution in [-0.4, -0.2) is 38.2 Å². The Morgan fingerprint density at radius 2 is 1.95 bits per heavy atom. The number of ether oxygens (including phenoxy) is 1. The van der Waals surface area contributed by atoms with Gasteiger partial charge in [-0.2, -0.15) is 0 Å². The maximum absolute atomic E-state index is 5.59. The Labute approximate surface area is 124 Å². The molecule has 0 aliphatic carbocycles. The summed E-state index contributed by atoms with van der Waals surface area (Å²) in [6.07, 6.45) is 1.06. The molecule has 0 aliphatic heterocycles. The van der Waals surface area contributed by atoms with Crippen molar-refractivity contribution in [3.8, 4) is 5.75 Å². The maximum atomic E-state index is 5.59. The maximum Gasteiger partial charge on any atom is 0.123 e. The van der Waals surface area contributed by atoms with Crippen LogP contribution in [0.3, 0.4) is 0 Å². The lowest BCUT2D eigenvalue weighted by Gasteiger charge is -2.43. The topological polar surface area (TPSA) is 24.5 Å². The highest BCUT2D eigenvalue weighted by molar-refractivity contribution is 5.40. The van der Waals surface area contributed by atoms with Crippen molar-refractivity contribution in [1.82, 2.24) is 10.2 Å². The fraction of sp³-hybridized carbons (Fsp3) is 0.647. The summed E-state index contributed by atoms with van der Waals surface area (Å²) in [6, 6.07) is 6.65. The van der Waals surface area contributed by atoms with Gasteiger partial charge in [-0.15, -0.1) is 0 Å². The number of likely N-dealkylation sites (N-methyl/N-ethyl adjacent to an activating group) is 2. The minimum atomic E-state index is 0.0388. The Kier molecular flexibility index (Phi) is 6.03. The number of aryl methyl sites for hydroxylation is 1. The van der Waals surface area contributed by atoms with E-state index in [0.717, 1.165) is 18.7 Å². The predicted molar refractivity (Wildman–Crippen MR) is 86.5 cm³/mol. The number of nitrogens with zero attached hydrogens (tertiary/aromatic N) is 1. The highest BCUT2D eigenvalue weighted by Crippen LogP contribution is 2.37. The van der Waals surface area contributed by atoms with Crippen molar-refractivity contribution in [2.24, 2.45) is 0 Å². The van der Waals surface area contributed by atoms with Gasteiger partial charge < -0.3 is 15.0 Å². The Balaban J connectivity index is 3.36. The van der Waals surface area contributed by atoms with E-state index >= 15 is 0 Å². The van der Waals surface area contributed by atoms with E-state index in [-0.39, 0.29) is 11.6 Å². The van der Waals surface area contributed by atoms with Crippen molar-refractivity contribution >= 4 is 0 Å². The van der Waals surface area contributed by atoms with Crippen LogP contribution in [0.2, 0.25) is 0 Å². The van der Waals surface area contributed by atoms with Crippen LogP contribution in [0.1, 0.15) is 44.4 Å². The van der Waals surface area contributed by atoms with Crippen LogP contribution in [0.4, 0.5) is 0 Å². The molecular weight excluding hydrogens is 248 g/mol. The highest BCUT2D eigenvalue weighted by Gasteiger charge is 2.36. The first kappa shape index (κ1) is 17.0. The molecule has 0 bridgehead atoms. The summed E-state index contributed by atoms with van der Waals surface area (Å²) in [5.41, 5.74) is 2.55. The molecule has 0 radical (unpaired) electrons. The lowest BCUT2D eigenvalue weighted by atomic mass is 9.82. The average molecular weight is 278 g/mol. The van der Waals surface area contributed by atoms with Crippen LogP contribution in [0.5, 0.6) is 5.75 Å². The number of methoxy groups -OCH3 is 1. The minimum absolute atomic E-state index is 0.0388. The molecule has 114 valence electrons. The molecule has 2 atom stereocenters. The Hall–Kier alpha value is -1.06. The zero-order valence-electron chi connectivity index (χ0n) is 14.1. The number of benzene rings is 1. The molecule has 0 spiro atoms. The smallest absolute Gasteiger partial charge is 0.123 e. The summed E-state index contributed by atoms with van der Waals surface area (Å²) in [5, 5.41) is 3.65. The van der Waals surface area contributed by atoms with Gasteiger partial charge >= 0.3 is 0 Å². The summed E-state index contributed by atoms with van der Waals surface area (Å²) in [4.78, 5) is 2.31. The molecule has 0 fully saturated rings. The summed E-state index contributed by atoms with van der Waals surface area (Å²) in [7, 11) is 6.04. The normalized spacial score (nSPS) is 16.0.